The van der Waals surface area contributed by atoms with Crippen LogP contribution in [0.3, 0.4) is 0 Å². The Morgan fingerprint density at radius 1 is 1.15 bits per heavy atom. The molecule has 2 aromatic heterocycles. The minimum absolute atomic E-state index is 0.0342. The highest BCUT2D eigenvalue weighted by Crippen LogP contribution is 2.35. The minimum atomic E-state index is -0.454. The number of nitrogens with zero attached hydrogens (tertiary/aromatic N) is 3. The van der Waals surface area contributed by atoms with E-state index in [1.807, 2.05) is 6.07 Å². The molecule has 11 heteroatoms. The van der Waals surface area contributed by atoms with Gasteiger partial charge in [-0.3, -0.25) is 10.1 Å². The van der Waals surface area contributed by atoms with Crippen molar-refractivity contribution in [2.45, 2.75) is 6.54 Å². The summed E-state index contributed by atoms with van der Waals surface area (Å²) in [6.45, 7) is 0.375. The molecule has 0 saturated heterocycles. The molecular formula is C22H17ClN4O5S. The van der Waals surface area contributed by atoms with E-state index in [0.29, 0.717) is 50.3 Å². The molecule has 0 aliphatic rings. The predicted molar refractivity (Wildman–Crippen MR) is 126 cm³/mol. The maximum atomic E-state index is 11.7. The van der Waals surface area contributed by atoms with Crippen LogP contribution in [-0.2, 0) is 11.3 Å². The van der Waals surface area contributed by atoms with Gasteiger partial charge in [0.25, 0.3) is 0 Å². The number of hydrogen-bond donors (Lipinski definition) is 1. The van der Waals surface area contributed by atoms with Gasteiger partial charge in [0.05, 0.1) is 35.1 Å². The second kappa shape index (κ2) is 9.39. The second-order valence-corrected chi connectivity index (χ2v) is 8.26. The van der Waals surface area contributed by atoms with Crippen LogP contribution in [-0.4, -0.2) is 35.1 Å². The number of carbonyl (C=O) groups excluding carboxylic acids is 1. The summed E-state index contributed by atoms with van der Waals surface area (Å²) >= 11 is 7.18. The van der Waals surface area contributed by atoms with Gasteiger partial charge in [-0.25, -0.2) is 14.8 Å². The minimum Gasteiger partial charge on any atom is -0.495 e. The number of benzene rings is 2. The molecule has 0 spiro atoms. The van der Waals surface area contributed by atoms with Gasteiger partial charge < -0.3 is 14.8 Å². The predicted octanol–water partition coefficient (Wildman–Crippen LogP) is 5.33. The third-order valence-electron chi connectivity index (χ3n) is 4.80. The quantitative estimate of drug-likeness (QED) is 0.212. The van der Waals surface area contributed by atoms with Gasteiger partial charge in [-0.15, -0.1) is 0 Å². The largest absolute Gasteiger partial charge is 0.495 e. The number of esters is 1. The molecule has 0 aliphatic heterocycles. The molecule has 0 bridgehead atoms. The number of nitrogens with one attached hydrogen (secondary N) is 1. The van der Waals surface area contributed by atoms with E-state index in [9.17, 15) is 14.9 Å². The number of halogens is 1. The summed E-state index contributed by atoms with van der Waals surface area (Å²) in [5, 5.41) is 15.5. The fourth-order valence-corrected chi connectivity index (χ4v) is 4.27. The zero-order valence-corrected chi connectivity index (χ0v) is 19.1. The van der Waals surface area contributed by atoms with Gasteiger partial charge in [-0.1, -0.05) is 29.8 Å². The van der Waals surface area contributed by atoms with Gasteiger partial charge in [0.2, 0.25) is 0 Å². The number of fused-ring (bicyclic) bond motifs is 1. The number of nitro groups is 1. The van der Waals surface area contributed by atoms with Crippen molar-refractivity contribution >= 4 is 49.9 Å². The maximum absolute atomic E-state index is 11.7. The van der Waals surface area contributed by atoms with Crippen LogP contribution in [0.15, 0.2) is 48.5 Å². The van der Waals surface area contributed by atoms with E-state index in [1.165, 1.54) is 13.2 Å². The lowest BCUT2D eigenvalue weighted by Gasteiger charge is -2.10. The lowest BCUT2D eigenvalue weighted by atomic mass is 10.1. The highest BCUT2D eigenvalue weighted by atomic mass is 35.5. The highest BCUT2D eigenvalue weighted by molar-refractivity contribution is 7.21. The number of hydrogen-bond acceptors (Lipinski definition) is 9. The van der Waals surface area contributed by atoms with Crippen LogP contribution in [0.5, 0.6) is 5.75 Å². The Kier molecular flexibility index (Phi) is 6.38. The molecule has 33 heavy (non-hydrogen) atoms. The maximum Gasteiger partial charge on any atom is 0.337 e. The van der Waals surface area contributed by atoms with E-state index < -0.39 is 10.9 Å². The molecule has 9 nitrogen and oxygen atoms in total. The van der Waals surface area contributed by atoms with Crippen molar-refractivity contribution in [2.24, 2.45) is 0 Å². The summed E-state index contributed by atoms with van der Waals surface area (Å²) in [6, 6.07) is 13.5. The number of carbonyl (C=O) groups is 1. The molecule has 0 fully saturated rings. The van der Waals surface area contributed by atoms with Crippen LogP contribution in [0, 0.1) is 10.1 Å². The molecular weight excluding hydrogens is 468 g/mol. The third-order valence-corrected chi connectivity index (χ3v) is 6.08. The number of ether oxygens (including phenoxy) is 2. The first-order valence-corrected chi connectivity index (χ1v) is 10.8. The first-order chi connectivity index (χ1) is 15.9. The smallest absolute Gasteiger partial charge is 0.337 e. The Hall–Kier alpha value is -3.76. The molecule has 0 aliphatic carbocycles. The molecule has 2 heterocycles. The van der Waals surface area contributed by atoms with Crippen LogP contribution in [0.2, 0.25) is 5.02 Å². The number of methoxy groups -OCH3 is 2. The molecule has 4 aromatic rings. The van der Waals surface area contributed by atoms with Crippen LogP contribution in [0.1, 0.15) is 15.9 Å². The normalized spacial score (nSPS) is 10.8. The summed E-state index contributed by atoms with van der Waals surface area (Å²) in [6.07, 6.45) is 0. The van der Waals surface area contributed by atoms with Crippen molar-refractivity contribution in [1.29, 1.82) is 0 Å². The second-order valence-electron chi connectivity index (χ2n) is 6.85. The van der Waals surface area contributed by atoms with E-state index >= 15 is 0 Å². The Morgan fingerprint density at radius 2 is 1.91 bits per heavy atom. The molecule has 168 valence electrons. The van der Waals surface area contributed by atoms with Crippen molar-refractivity contribution in [3.05, 3.63) is 74.8 Å². The lowest BCUT2D eigenvalue weighted by molar-refractivity contribution is -0.380. The SMILES string of the molecule is COC(=O)c1ccc(-c2nc(NCc3ccc(OC)c(Cl)c3)c3cc([N+](=O)[O-])sc3n2)cc1. The lowest BCUT2D eigenvalue weighted by Crippen LogP contribution is -2.04. The summed E-state index contributed by atoms with van der Waals surface area (Å²) in [5.74, 6) is 0.928. The molecule has 0 radical (unpaired) electrons. The molecule has 1 N–H and O–H groups in total. The first kappa shape index (κ1) is 22.4. The van der Waals surface area contributed by atoms with Crippen LogP contribution in [0.4, 0.5) is 10.8 Å². The summed E-state index contributed by atoms with van der Waals surface area (Å²) in [4.78, 5) is 32.1. The molecule has 0 unspecified atom stereocenters. The average Bonchev–Trinajstić information content (AvgIpc) is 3.27. The monoisotopic (exact) mass is 484 g/mol. The van der Waals surface area contributed by atoms with E-state index in [4.69, 9.17) is 21.1 Å². The van der Waals surface area contributed by atoms with Gasteiger partial charge in [0.1, 0.15) is 16.4 Å². The third kappa shape index (κ3) is 4.71. The number of rotatable bonds is 7. The van der Waals surface area contributed by atoms with Crippen molar-refractivity contribution < 1.29 is 19.2 Å². The Labute approximate surface area is 197 Å². The van der Waals surface area contributed by atoms with Crippen LogP contribution >= 0.6 is 22.9 Å². The Morgan fingerprint density at radius 3 is 2.55 bits per heavy atom. The van der Waals surface area contributed by atoms with Gasteiger partial charge >= 0.3 is 11.0 Å². The van der Waals surface area contributed by atoms with E-state index in [1.54, 1.807) is 43.5 Å². The Bertz CT molecular complexity index is 1360. The van der Waals surface area contributed by atoms with E-state index in [-0.39, 0.29) is 5.00 Å². The molecule has 0 amide bonds. The van der Waals surface area contributed by atoms with E-state index in [0.717, 1.165) is 16.9 Å². The zero-order chi connectivity index (χ0) is 23.5. The van der Waals surface area contributed by atoms with Crippen molar-refractivity contribution in [1.82, 2.24) is 9.97 Å². The van der Waals surface area contributed by atoms with Gasteiger partial charge in [0.15, 0.2) is 5.82 Å². The van der Waals surface area contributed by atoms with Crippen molar-refractivity contribution in [3.8, 4) is 17.1 Å². The summed E-state index contributed by atoms with van der Waals surface area (Å²) in [7, 11) is 2.85. The highest BCUT2D eigenvalue weighted by Gasteiger charge is 2.18. The number of anilines is 1. The fourth-order valence-electron chi connectivity index (χ4n) is 3.14. The molecule has 4 rings (SSSR count). The number of aromatic nitrogens is 2. The van der Waals surface area contributed by atoms with Crippen molar-refractivity contribution in [2.75, 3.05) is 19.5 Å². The van der Waals surface area contributed by atoms with Crippen molar-refractivity contribution in [3.63, 3.8) is 0 Å². The van der Waals surface area contributed by atoms with Gasteiger partial charge in [-0.2, -0.15) is 0 Å². The van der Waals surface area contributed by atoms with Gasteiger partial charge in [0, 0.05) is 18.2 Å². The van der Waals surface area contributed by atoms with Crippen LogP contribution in [0.25, 0.3) is 21.6 Å². The zero-order valence-electron chi connectivity index (χ0n) is 17.5. The first-order valence-electron chi connectivity index (χ1n) is 9.60. The standard InChI is InChI=1S/C22H17ClN4O5S/c1-31-17-8-3-12(9-16(17)23)11-24-20-15-10-18(27(29)30)33-21(15)26-19(25-20)13-4-6-14(7-5-13)22(28)32-2/h3-10H,11H2,1-2H3,(H,24,25,26). The molecule has 0 saturated carbocycles. The number of thiophene rings is 1. The van der Waals surface area contributed by atoms with Crippen LogP contribution < -0.4 is 10.1 Å². The topological polar surface area (TPSA) is 116 Å². The van der Waals surface area contributed by atoms with E-state index in [2.05, 4.69) is 15.3 Å². The Balaban J connectivity index is 1.71. The molecule has 0 atom stereocenters. The molecule has 2 aromatic carbocycles. The average molecular weight is 485 g/mol. The summed E-state index contributed by atoms with van der Waals surface area (Å²) < 4.78 is 9.90. The van der Waals surface area contributed by atoms with Gasteiger partial charge in [-0.05, 0) is 41.2 Å². The summed E-state index contributed by atoms with van der Waals surface area (Å²) in [5.41, 5.74) is 1.92. The fraction of sp³-hybridized carbons (Fsp3) is 0.136.